The van der Waals surface area contributed by atoms with Crippen molar-refractivity contribution < 1.29 is 4.74 Å². The average molecular weight is 275 g/mol. The third kappa shape index (κ3) is 1.12. The zero-order valence-electron chi connectivity index (χ0n) is 7.86. The van der Waals surface area contributed by atoms with Crippen LogP contribution in [0.5, 0.6) is 0 Å². The second-order valence-corrected chi connectivity index (χ2v) is 5.79. The maximum absolute atomic E-state index is 5.86. The number of thioether (sulfide) groups is 1. The molecule has 0 spiro atoms. The van der Waals surface area contributed by atoms with Crippen LogP contribution < -0.4 is 0 Å². The van der Waals surface area contributed by atoms with Crippen LogP contribution in [0.4, 0.5) is 0 Å². The van der Waals surface area contributed by atoms with Gasteiger partial charge in [0.05, 0.1) is 16.4 Å². The van der Waals surface area contributed by atoms with E-state index in [0.717, 1.165) is 16.6 Å². The van der Waals surface area contributed by atoms with Gasteiger partial charge in [0.2, 0.25) is 0 Å². The quantitative estimate of drug-likeness (QED) is 0.733. The monoisotopic (exact) mass is 274 g/mol. The van der Waals surface area contributed by atoms with E-state index in [-0.39, 0.29) is 5.60 Å². The molecule has 0 N–H and O–H groups in total. The predicted molar refractivity (Wildman–Crippen MR) is 59.4 cm³/mol. The minimum Gasteiger partial charge on any atom is -0.358 e. The van der Waals surface area contributed by atoms with Crippen molar-refractivity contribution in [2.45, 2.75) is 18.1 Å². The lowest BCUT2D eigenvalue weighted by Crippen LogP contribution is -2.23. The van der Waals surface area contributed by atoms with E-state index in [1.165, 1.54) is 11.4 Å². The summed E-state index contributed by atoms with van der Waals surface area (Å²) in [5, 5.41) is 4.25. The first kappa shape index (κ1) is 9.24. The fourth-order valence-corrected chi connectivity index (χ4v) is 4.09. The fourth-order valence-electron chi connectivity index (χ4n) is 2.24. The molecule has 2 fully saturated rings. The van der Waals surface area contributed by atoms with Crippen LogP contribution in [0.25, 0.3) is 0 Å². The SMILES string of the molecule is Cn1ncc(Br)c1[C@@]12CCSC[C@@H]1O2. The summed E-state index contributed by atoms with van der Waals surface area (Å²) < 4.78 is 8.87. The Morgan fingerprint density at radius 2 is 2.64 bits per heavy atom. The number of nitrogens with zero attached hydrogens (tertiary/aromatic N) is 2. The average Bonchev–Trinajstić information content (AvgIpc) is 2.81. The number of hydrogen-bond donors (Lipinski definition) is 0. The molecule has 0 aromatic carbocycles. The molecule has 0 aliphatic carbocycles. The number of hydrogen-bond acceptors (Lipinski definition) is 3. The highest BCUT2D eigenvalue weighted by Crippen LogP contribution is 2.55. The predicted octanol–water partition coefficient (Wildman–Crippen LogP) is 1.91. The molecule has 2 saturated heterocycles. The first-order valence-electron chi connectivity index (χ1n) is 4.67. The molecule has 2 aliphatic heterocycles. The van der Waals surface area contributed by atoms with E-state index >= 15 is 0 Å². The van der Waals surface area contributed by atoms with Crippen molar-refractivity contribution >= 4 is 27.7 Å². The van der Waals surface area contributed by atoms with Gasteiger partial charge in [-0.25, -0.2) is 0 Å². The Labute approximate surface area is 95.3 Å². The Bertz CT molecular complexity index is 361. The zero-order valence-corrected chi connectivity index (χ0v) is 10.3. The first-order valence-corrected chi connectivity index (χ1v) is 6.62. The Morgan fingerprint density at radius 3 is 3.29 bits per heavy atom. The summed E-state index contributed by atoms with van der Waals surface area (Å²) in [7, 11) is 1.98. The number of fused-ring (bicyclic) bond motifs is 1. The van der Waals surface area contributed by atoms with E-state index in [1.807, 2.05) is 29.7 Å². The van der Waals surface area contributed by atoms with Crippen molar-refractivity contribution in [3.8, 4) is 0 Å². The number of ether oxygens (including phenoxy) is 1. The normalized spacial score (nSPS) is 35.4. The molecule has 2 aliphatic rings. The van der Waals surface area contributed by atoms with Gasteiger partial charge in [-0.1, -0.05) is 0 Å². The first-order chi connectivity index (χ1) is 6.74. The van der Waals surface area contributed by atoms with E-state index in [1.54, 1.807) is 0 Å². The van der Waals surface area contributed by atoms with Gasteiger partial charge in [-0.05, 0) is 28.1 Å². The van der Waals surface area contributed by atoms with Gasteiger partial charge >= 0.3 is 0 Å². The van der Waals surface area contributed by atoms with E-state index in [2.05, 4.69) is 21.0 Å². The topological polar surface area (TPSA) is 30.4 Å². The van der Waals surface area contributed by atoms with Crippen LogP contribution >= 0.6 is 27.7 Å². The van der Waals surface area contributed by atoms with E-state index in [9.17, 15) is 0 Å². The van der Waals surface area contributed by atoms with Gasteiger partial charge in [0.25, 0.3) is 0 Å². The molecule has 2 atom stereocenters. The van der Waals surface area contributed by atoms with Crippen LogP contribution in [-0.2, 0) is 17.4 Å². The smallest absolute Gasteiger partial charge is 0.139 e. The van der Waals surface area contributed by atoms with Crippen LogP contribution in [0.2, 0.25) is 0 Å². The molecule has 3 rings (SSSR count). The molecular weight excluding hydrogens is 264 g/mol. The van der Waals surface area contributed by atoms with Crippen LogP contribution in [0.15, 0.2) is 10.7 Å². The number of epoxide rings is 1. The highest BCUT2D eigenvalue weighted by atomic mass is 79.9. The van der Waals surface area contributed by atoms with Crippen LogP contribution in [0.1, 0.15) is 12.1 Å². The molecule has 0 unspecified atom stereocenters. The third-order valence-electron chi connectivity index (χ3n) is 3.00. The van der Waals surface area contributed by atoms with Crippen LogP contribution in [0, 0.1) is 0 Å². The van der Waals surface area contributed by atoms with Gasteiger partial charge in [0.15, 0.2) is 0 Å². The highest BCUT2D eigenvalue weighted by molar-refractivity contribution is 9.10. The molecule has 1 aromatic rings. The Hall–Kier alpha value is -0.0000000000000000763. The summed E-state index contributed by atoms with van der Waals surface area (Å²) in [6.45, 7) is 0. The van der Waals surface area contributed by atoms with Gasteiger partial charge in [-0.15, -0.1) is 0 Å². The minimum atomic E-state index is -0.0185. The zero-order chi connectivity index (χ0) is 9.76. The van der Waals surface area contributed by atoms with Gasteiger partial charge in [0, 0.05) is 12.8 Å². The maximum atomic E-state index is 5.86. The lowest BCUT2D eigenvalue weighted by Gasteiger charge is -2.17. The van der Waals surface area contributed by atoms with Gasteiger partial charge < -0.3 is 4.74 Å². The van der Waals surface area contributed by atoms with Crippen molar-refractivity contribution in [3.63, 3.8) is 0 Å². The van der Waals surface area contributed by atoms with Crippen molar-refractivity contribution in [1.29, 1.82) is 0 Å². The van der Waals surface area contributed by atoms with Gasteiger partial charge in [-0.2, -0.15) is 16.9 Å². The lowest BCUT2D eigenvalue weighted by atomic mass is 9.98. The summed E-state index contributed by atoms with van der Waals surface area (Å²) in [5.41, 5.74) is 1.19. The maximum Gasteiger partial charge on any atom is 0.139 e. The van der Waals surface area contributed by atoms with Crippen LogP contribution in [-0.4, -0.2) is 27.4 Å². The molecule has 14 heavy (non-hydrogen) atoms. The van der Waals surface area contributed by atoms with Crippen molar-refractivity contribution in [2.75, 3.05) is 11.5 Å². The summed E-state index contributed by atoms with van der Waals surface area (Å²) in [5.74, 6) is 2.31. The number of rotatable bonds is 1. The molecule has 76 valence electrons. The molecule has 0 radical (unpaired) electrons. The van der Waals surface area contributed by atoms with E-state index < -0.39 is 0 Å². The molecule has 0 amide bonds. The van der Waals surface area contributed by atoms with Crippen molar-refractivity contribution in [3.05, 3.63) is 16.4 Å². The Morgan fingerprint density at radius 1 is 1.79 bits per heavy atom. The number of aryl methyl sites for hydroxylation is 1. The molecule has 0 bridgehead atoms. The highest BCUT2D eigenvalue weighted by Gasteiger charge is 2.61. The summed E-state index contributed by atoms with van der Waals surface area (Å²) in [6.07, 6.45) is 3.37. The molecule has 3 heterocycles. The van der Waals surface area contributed by atoms with E-state index in [0.29, 0.717) is 6.10 Å². The second kappa shape index (κ2) is 3.00. The number of halogens is 1. The molecular formula is C9H11BrN2OS. The van der Waals surface area contributed by atoms with Gasteiger partial charge in [-0.3, -0.25) is 4.68 Å². The Balaban J connectivity index is 2.03. The third-order valence-corrected chi connectivity index (χ3v) is 4.61. The molecule has 1 aromatic heterocycles. The van der Waals surface area contributed by atoms with Gasteiger partial charge in [0.1, 0.15) is 11.7 Å². The largest absolute Gasteiger partial charge is 0.358 e. The number of aromatic nitrogens is 2. The minimum absolute atomic E-state index is 0.0185. The second-order valence-electron chi connectivity index (χ2n) is 3.79. The van der Waals surface area contributed by atoms with E-state index in [4.69, 9.17) is 4.74 Å². The summed E-state index contributed by atoms with van der Waals surface area (Å²) in [4.78, 5) is 0. The lowest BCUT2D eigenvalue weighted by molar-refractivity contribution is 0.283. The van der Waals surface area contributed by atoms with Crippen LogP contribution in [0.3, 0.4) is 0 Å². The molecule has 5 heteroatoms. The summed E-state index contributed by atoms with van der Waals surface area (Å²) >= 11 is 5.53. The van der Waals surface area contributed by atoms with Crippen molar-refractivity contribution in [1.82, 2.24) is 9.78 Å². The fraction of sp³-hybridized carbons (Fsp3) is 0.667. The standard InChI is InChI=1S/C9H11BrN2OS/c1-12-8(6(10)4-11-12)9-2-3-14-5-7(9)13-9/h4,7H,2-3,5H2,1H3/t7-,9+/m0/s1. The van der Waals surface area contributed by atoms with Crippen molar-refractivity contribution in [2.24, 2.45) is 7.05 Å². The molecule has 3 nitrogen and oxygen atoms in total. The summed E-state index contributed by atoms with van der Waals surface area (Å²) in [6, 6.07) is 0. The molecule has 0 saturated carbocycles. The Kier molecular flexibility index (Phi) is 1.98.